The van der Waals surface area contributed by atoms with Crippen LogP contribution in [0.2, 0.25) is 0 Å². The topological polar surface area (TPSA) is 84.0 Å². The van der Waals surface area contributed by atoms with Gasteiger partial charge in [-0.15, -0.1) is 0 Å². The Hall–Kier alpha value is -2.19. The molecule has 1 aliphatic heterocycles. The molecule has 1 aromatic rings. The summed E-state index contributed by atoms with van der Waals surface area (Å²) in [5.41, 5.74) is 0.665. The van der Waals surface area contributed by atoms with Gasteiger partial charge in [-0.25, -0.2) is 13.2 Å². The molecule has 0 N–H and O–H groups in total. The van der Waals surface area contributed by atoms with E-state index in [1.54, 1.807) is 42.7 Å². The van der Waals surface area contributed by atoms with E-state index in [1.807, 2.05) is 0 Å². The van der Waals surface area contributed by atoms with Crippen molar-refractivity contribution in [3.8, 4) is 0 Å². The smallest absolute Gasteiger partial charge is 0.331 e. The van der Waals surface area contributed by atoms with Gasteiger partial charge < -0.3 is 9.64 Å². The van der Waals surface area contributed by atoms with E-state index in [2.05, 4.69) is 0 Å². The monoisotopic (exact) mass is 408 g/mol. The molecular formula is C20H28N2O5S. The van der Waals surface area contributed by atoms with Crippen LogP contribution in [0.1, 0.15) is 38.2 Å². The van der Waals surface area contributed by atoms with Crippen LogP contribution in [0, 0.1) is 0 Å². The summed E-state index contributed by atoms with van der Waals surface area (Å²) in [6, 6.07) is 6.37. The first kappa shape index (κ1) is 22.1. The molecule has 1 heterocycles. The number of hydrogen-bond donors (Lipinski definition) is 0. The molecule has 0 unspecified atom stereocenters. The predicted molar refractivity (Wildman–Crippen MR) is 107 cm³/mol. The van der Waals surface area contributed by atoms with Gasteiger partial charge in [-0.1, -0.05) is 25.0 Å². The maximum atomic E-state index is 12.8. The number of sulfonamides is 1. The molecule has 0 aromatic heterocycles. The van der Waals surface area contributed by atoms with Crippen molar-refractivity contribution in [2.75, 3.05) is 27.2 Å². The number of esters is 1. The van der Waals surface area contributed by atoms with E-state index in [4.69, 9.17) is 4.74 Å². The summed E-state index contributed by atoms with van der Waals surface area (Å²) in [7, 11) is -0.317. The number of rotatable bonds is 6. The van der Waals surface area contributed by atoms with Crippen LogP contribution >= 0.6 is 0 Å². The Morgan fingerprint density at radius 3 is 2.18 bits per heavy atom. The molecule has 1 amide bonds. The fourth-order valence-corrected chi connectivity index (χ4v) is 4.49. The summed E-state index contributed by atoms with van der Waals surface area (Å²) in [4.78, 5) is 25.1. The molecule has 0 saturated carbocycles. The van der Waals surface area contributed by atoms with Gasteiger partial charge in [0.2, 0.25) is 10.0 Å². The quantitative estimate of drug-likeness (QED) is 0.533. The Balaban J connectivity index is 2.01. The Bertz CT molecular complexity index is 808. The van der Waals surface area contributed by atoms with Crippen molar-refractivity contribution in [2.24, 2.45) is 0 Å². The van der Waals surface area contributed by atoms with Crippen LogP contribution in [0.4, 0.5) is 0 Å². The van der Waals surface area contributed by atoms with Gasteiger partial charge in [0.25, 0.3) is 5.91 Å². The van der Waals surface area contributed by atoms with Crippen molar-refractivity contribution in [3.63, 3.8) is 0 Å². The molecule has 154 valence electrons. The maximum absolute atomic E-state index is 12.8. The molecule has 1 fully saturated rings. The number of benzene rings is 1. The fraction of sp³-hybridized carbons (Fsp3) is 0.500. The third-order valence-corrected chi connectivity index (χ3v) is 6.49. The number of likely N-dealkylation sites (N-methyl/N-ethyl adjacent to an activating group) is 1. The SMILES string of the molecule is C[C@@H](OC(=O)/C=C/c1ccc(S(=O)(=O)N2CCCCCC2)cc1)C(=O)N(C)C. The second-order valence-corrected chi connectivity index (χ2v) is 8.97. The van der Waals surface area contributed by atoms with E-state index in [1.165, 1.54) is 24.0 Å². The molecule has 0 aliphatic carbocycles. The van der Waals surface area contributed by atoms with Crippen molar-refractivity contribution >= 4 is 28.0 Å². The highest BCUT2D eigenvalue weighted by atomic mass is 32.2. The van der Waals surface area contributed by atoms with Gasteiger partial charge in [0.1, 0.15) is 0 Å². The zero-order valence-corrected chi connectivity index (χ0v) is 17.4. The zero-order valence-electron chi connectivity index (χ0n) is 16.6. The number of nitrogens with zero attached hydrogens (tertiary/aromatic N) is 2. The maximum Gasteiger partial charge on any atom is 0.331 e. The molecule has 28 heavy (non-hydrogen) atoms. The lowest BCUT2D eigenvalue weighted by Gasteiger charge is -2.19. The summed E-state index contributed by atoms with van der Waals surface area (Å²) in [6.07, 6.45) is 5.77. The van der Waals surface area contributed by atoms with Crippen LogP contribution in [-0.2, 0) is 24.3 Å². The summed E-state index contributed by atoms with van der Waals surface area (Å²) >= 11 is 0. The predicted octanol–water partition coefficient (Wildman–Crippen LogP) is 2.28. The van der Waals surface area contributed by atoms with Gasteiger partial charge >= 0.3 is 5.97 Å². The first-order valence-corrected chi connectivity index (χ1v) is 10.9. The molecule has 2 rings (SSSR count). The van der Waals surface area contributed by atoms with Gasteiger partial charge in [-0.05, 0) is 43.5 Å². The Morgan fingerprint density at radius 1 is 1.07 bits per heavy atom. The van der Waals surface area contributed by atoms with Crippen LogP contribution in [-0.4, -0.2) is 62.8 Å². The number of amides is 1. The first-order valence-electron chi connectivity index (χ1n) is 9.42. The molecule has 0 radical (unpaired) electrons. The third-order valence-electron chi connectivity index (χ3n) is 4.58. The van der Waals surface area contributed by atoms with E-state index in [-0.39, 0.29) is 10.8 Å². The van der Waals surface area contributed by atoms with Crippen molar-refractivity contribution in [1.29, 1.82) is 0 Å². The van der Waals surface area contributed by atoms with Crippen LogP contribution in [0.25, 0.3) is 6.08 Å². The number of hydrogen-bond acceptors (Lipinski definition) is 5. The summed E-state index contributed by atoms with van der Waals surface area (Å²) in [5, 5.41) is 0. The minimum absolute atomic E-state index is 0.249. The van der Waals surface area contributed by atoms with Gasteiger partial charge in [-0.3, -0.25) is 4.79 Å². The Labute approximate surface area is 167 Å². The number of carbonyl (C=O) groups is 2. The lowest BCUT2D eigenvalue weighted by Crippen LogP contribution is -2.34. The summed E-state index contributed by atoms with van der Waals surface area (Å²) in [6.45, 7) is 2.62. The minimum atomic E-state index is -3.49. The minimum Gasteiger partial charge on any atom is -0.449 e. The molecule has 7 nitrogen and oxygen atoms in total. The van der Waals surface area contributed by atoms with E-state index in [0.717, 1.165) is 25.7 Å². The molecule has 0 spiro atoms. The van der Waals surface area contributed by atoms with Crippen molar-refractivity contribution < 1.29 is 22.7 Å². The highest BCUT2D eigenvalue weighted by Crippen LogP contribution is 2.21. The molecule has 1 aliphatic rings. The number of carbonyl (C=O) groups excluding carboxylic acids is 2. The fourth-order valence-electron chi connectivity index (χ4n) is 2.97. The van der Waals surface area contributed by atoms with E-state index >= 15 is 0 Å². The standard InChI is InChI=1S/C20H28N2O5S/c1-16(20(24)21(2)3)27-19(23)13-10-17-8-11-18(12-9-17)28(25,26)22-14-6-4-5-7-15-22/h8-13,16H,4-7,14-15H2,1-3H3/b13-10+/t16-/m1/s1. The molecule has 0 bridgehead atoms. The summed E-state index contributed by atoms with van der Waals surface area (Å²) in [5.74, 6) is -0.936. The molecule has 1 atom stereocenters. The van der Waals surface area contributed by atoms with Crippen molar-refractivity contribution in [2.45, 2.75) is 43.6 Å². The second-order valence-electron chi connectivity index (χ2n) is 7.03. The van der Waals surface area contributed by atoms with Gasteiger partial charge in [0, 0.05) is 33.3 Å². The molecule has 1 saturated heterocycles. The zero-order chi connectivity index (χ0) is 20.7. The second kappa shape index (κ2) is 9.84. The number of ether oxygens (including phenoxy) is 1. The first-order chi connectivity index (χ1) is 13.2. The highest BCUT2D eigenvalue weighted by molar-refractivity contribution is 7.89. The van der Waals surface area contributed by atoms with Crippen LogP contribution in [0.5, 0.6) is 0 Å². The lowest BCUT2D eigenvalue weighted by atomic mass is 10.2. The largest absolute Gasteiger partial charge is 0.449 e. The van der Waals surface area contributed by atoms with Crippen LogP contribution in [0.15, 0.2) is 35.2 Å². The normalized spacial score (nSPS) is 17.1. The van der Waals surface area contributed by atoms with Gasteiger partial charge in [-0.2, -0.15) is 4.31 Å². The third kappa shape index (κ3) is 5.90. The van der Waals surface area contributed by atoms with E-state index in [9.17, 15) is 18.0 Å². The molecule has 8 heteroatoms. The van der Waals surface area contributed by atoms with E-state index < -0.39 is 22.1 Å². The highest BCUT2D eigenvalue weighted by Gasteiger charge is 2.24. The lowest BCUT2D eigenvalue weighted by molar-refractivity contribution is -0.153. The average Bonchev–Trinajstić information content (AvgIpc) is 2.96. The van der Waals surface area contributed by atoms with Gasteiger partial charge in [0.15, 0.2) is 6.10 Å². The Kier molecular flexibility index (Phi) is 7.77. The van der Waals surface area contributed by atoms with Gasteiger partial charge in [0.05, 0.1) is 4.90 Å². The Morgan fingerprint density at radius 2 is 1.64 bits per heavy atom. The molecular weight excluding hydrogens is 380 g/mol. The van der Waals surface area contributed by atoms with Crippen molar-refractivity contribution in [1.82, 2.24) is 9.21 Å². The van der Waals surface area contributed by atoms with E-state index in [0.29, 0.717) is 18.7 Å². The van der Waals surface area contributed by atoms with Crippen LogP contribution < -0.4 is 0 Å². The molecule has 1 aromatic carbocycles. The van der Waals surface area contributed by atoms with Crippen LogP contribution in [0.3, 0.4) is 0 Å². The van der Waals surface area contributed by atoms with Crippen molar-refractivity contribution in [3.05, 3.63) is 35.9 Å². The summed E-state index contributed by atoms with van der Waals surface area (Å²) < 4.78 is 32.1. The average molecular weight is 409 g/mol.